The van der Waals surface area contributed by atoms with Crippen LogP contribution in [-0.4, -0.2) is 73.9 Å². The first-order valence-electron chi connectivity index (χ1n) is 10.2. The van der Waals surface area contributed by atoms with E-state index in [2.05, 4.69) is 4.90 Å². The maximum absolute atomic E-state index is 12.2. The van der Waals surface area contributed by atoms with Crippen molar-refractivity contribution in [1.82, 2.24) is 9.80 Å². The average molecular weight is 415 g/mol. The third-order valence-corrected chi connectivity index (χ3v) is 4.94. The molecule has 1 aliphatic heterocycles. The Bertz CT molecular complexity index is 898. The van der Waals surface area contributed by atoms with Gasteiger partial charge in [0.2, 0.25) is 0 Å². The molecule has 162 valence electrons. The quantitative estimate of drug-likeness (QED) is 0.697. The van der Waals surface area contributed by atoms with Crippen molar-refractivity contribution in [2.45, 2.75) is 26.4 Å². The topological polar surface area (TPSA) is 68.3 Å². The molecule has 3 rings (SSSR count). The number of piperazine rings is 1. The lowest BCUT2D eigenvalue weighted by Gasteiger charge is -2.35. The molecule has 0 atom stereocenters. The fourth-order valence-corrected chi connectivity index (χ4v) is 3.37. The van der Waals surface area contributed by atoms with Crippen molar-refractivity contribution in [3.63, 3.8) is 0 Å². The van der Waals surface area contributed by atoms with E-state index in [0.717, 1.165) is 23.9 Å². The van der Waals surface area contributed by atoms with Gasteiger partial charge >= 0.3 is 12.1 Å². The van der Waals surface area contributed by atoms with Crippen LogP contribution in [0, 0.1) is 0 Å². The van der Waals surface area contributed by atoms with E-state index >= 15 is 0 Å². The molecule has 1 saturated heterocycles. The summed E-state index contributed by atoms with van der Waals surface area (Å²) in [5.41, 5.74) is -0.0647. The number of carbonyl (C=O) groups excluding carboxylic acids is 2. The maximum atomic E-state index is 12.2. The molecule has 7 nitrogen and oxygen atoms in total. The zero-order valence-electron chi connectivity index (χ0n) is 18.1. The Labute approximate surface area is 177 Å². The van der Waals surface area contributed by atoms with Gasteiger partial charge in [-0.2, -0.15) is 0 Å². The highest BCUT2D eigenvalue weighted by Gasteiger charge is 2.25. The van der Waals surface area contributed by atoms with Crippen LogP contribution in [0.2, 0.25) is 0 Å². The average Bonchev–Trinajstić information content (AvgIpc) is 2.72. The van der Waals surface area contributed by atoms with Crippen LogP contribution in [0.15, 0.2) is 36.4 Å². The monoisotopic (exact) mass is 414 g/mol. The molecule has 1 aliphatic rings. The van der Waals surface area contributed by atoms with Gasteiger partial charge in [0.25, 0.3) is 0 Å². The molecule has 0 saturated carbocycles. The minimum absolute atomic E-state index is 0.266. The van der Waals surface area contributed by atoms with Crippen LogP contribution in [0.5, 0.6) is 5.75 Å². The van der Waals surface area contributed by atoms with E-state index in [1.54, 1.807) is 11.0 Å². The molecular weight excluding hydrogens is 384 g/mol. The third kappa shape index (κ3) is 5.63. The SMILES string of the molecule is COC(=O)c1cc2ccccc2cc1OCCN1CCN(C(=O)OC(C)(C)C)CC1. The molecule has 7 heteroatoms. The molecule has 0 aliphatic carbocycles. The van der Waals surface area contributed by atoms with Gasteiger partial charge in [-0.3, -0.25) is 4.90 Å². The second kappa shape index (κ2) is 9.34. The van der Waals surface area contributed by atoms with Gasteiger partial charge in [-0.25, -0.2) is 9.59 Å². The van der Waals surface area contributed by atoms with Gasteiger partial charge in [-0.1, -0.05) is 24.3 Å². The normalized spacial score (nSPS) is 15.1. The predicted molar refractivity (Wildman–Crippen MR) is 115 cm³/mol. The summed E-state index contributed by atoms with van der Waals surface area (Å²) in [5.74, 6) is 0.106. The molecule has 0 spiro atoms. The van der Waals surface area contributed by atoms with Gasteiger partial charge in [0.05, 0.1) is 7.11 Å². The number of carbonyl (C=O) groups is 2. The predicted octanol–water partition coefficient (Wildman–Crippen LogP) is 3.56. The summed E-state index contributed by atoms with van der Waals surface area (Å²) in [7, 11) is 1.37. The van der Waals surface area contributed by atoms with E-state index in [1.165, 1.54) is 7.11 Å². The number of esters is 1. The Morgan fingerprint density at radius 1 is 1.00 bits per heavy atom. The molecule has 2 aromatic carbocycles. The highest BCUT2D eigenvalue weighted by molar-refractivity contribution is 5.98. The minimum Gasteiger partial charge on any atom is -0.491 e. The zero-order chi connectivity index (χ0) is 21.7. The maximum Gasteiger partial charge on any atom is 0.410 e. The number of amides is 1. The fraction of sp³-hybridized carbons (Fsp3) is 0.478. The van der Waals surface area contributed by atoms with Crippen LogP contribution < -0.4 is 4.74 Å². The third-order valence-electron chi connectivity index (χ3n) is 4.94. The second-order valence-corrected chi connectivity index (χ2v) is 8.34. The molecule has 30 heavy (non-hydrogen) atoms. The van der Waals surface area contributed by atoms with Gasteiger partial charge in [0, 0.05) is 32.7 Å². The van der Waals surface area contributed by atoms with Crippen molar-refractivity contribution >= 4 is 22.8 Å². The van der Waals surface area contributed by atoms with Crippen molar-refractivity contribution in [3.05, 3.63) is 42.0 Å². The van der Waals surface area contributed by atoms with Crippen molar-refractivity contribution in [1.29, 1.82) is 0 Å². The molecule has 2 aromatic rings. The summed E-state index contributed by atoms with van der Waals surface area (Å²) in [5, 5.41) is 1.97. The fourth-order valence-electron chi connectivity index (χ4n) is 3.37. The van der Waals surface area contributed by atoms with Gasteiger partial charge in [0.1, 0.15) is 23.5 Å². The first-order chi connectivity index (χ1) is 14.3. The van der Waals surface area contributed by atoms with E-state index in [9.17, 15) is 9.59 Å². The number of rotatable bonds is 5. The smallest absolute Gasteiger partial charge is 0.410 e. The summed E-state index contributed by atoms with van der Waals surface area (Å²) in [6, 6.07) is 11.5. The summed E-state index contributed by atoms with van der Waals surface area (Å²) in [6.07, 6.45) is -0.266. The number of nitrogens with zero attached hydrogens (tertiary/aromatic N) is 2. The number of hydrogen-bond donors (Lipinski definition) is 0. The van der Waals surface area contributed by atoms with Crippen LogP contribution in [0.1, 0.15) is 31.1 Å². The van der Waals surface area contributed by atoms with Crippen molar-refractivity contribution in [2.24, 2.45) is 0 Å². The number of fused-ring (bicyclic) bond motifs is 1. The lowest BCUT2D eigenvalue weighted by Crippen LogP contribution is -2.50. The van der Waals surface area contributed by atoms with Crippen LogP contribution in [-0.2, 0) is 9.47 Å². The summed E-state index contributed by atoms with van der Waals surface area (Å²) < 4.78 is 16.3. The number of hydrogen-bond acceptors (Lipinski definition) is 6. The first kappa shape index (κ1) is 21.9. The molecular formula is C23H30N2O5. The lowest BCUT2D eigenvalue weighted by atomic mass is 10.1. The van der Waals surface area contributed by atoms with Crippen LogP contribution >= 0.6 is 0 Å². The van der Waals surface area contributed by atoms with E-state index in [-0.39, 0.29) is 6.09 Å². The van der Waals surface area contributed by atoms with Gasteiger partial charge < -0.3 is 19.1 Å². The van der Waals surface area contributed by atoms with Crippen molar-refractivity contribution in [3.8, 4) is 5.75 Å². The minimum atomic E-state index is -0.487. The van der Waals surface area contributed by atoms with Gasteiger partial charge in [0.15, 0.2) is 0 Å². The molecule has 0 unspecified atom stereocenters. The van der Waals surface area contributed by atoms with Gasteiger partial charge in [-0.15, -0.1) is 0 Å². The molecule has 0 N–H and O–H groups in total. The molecule has 1 heterocycles. The van der Waals surface area contributed by atoms with Crippen LogP contribution in [0.25, 0.3) is 10.8 Å². The Balaban J connectivity index is 1.55. The summed E-state index contributed by atoms with van der Waals surface area (Å²) in [4.78, 5) is 28.3. The summed E-state index contributed by atoms with van der Waals surface area (Å²) >= 11 is 0. The Morgan fingerprint density at radius 2 is 1.63 bits per heavy atom. The Hall–Kier alpha value is -2.80. The molecule has 0 aromatic heterocycles. The number of benzene rings is 2. The Morgan fingerprint density at radius 3 is 2.23 bits per heavy atom. The molecule has 1 fully saturated rings. The summed E-state index contributed by atoms with van der Waals surface area (Å²) in [6.45, 7) is 9.50. The highest BCUT2D eigenvalue weighted by atomic mass is 16.6. The van der Waals surface area contributed by atoms with Crippen molar-refractivity contribution in [2.75, 3.05) is 46.4 Å². The highest BCUT2D eigenvalue weighted by Crippen LogP contribution is 2.27. The standard InChI is InChI=1S/C23H30N2O5/c1-23(2,3)30-22(27)25-11-9-24(10-12-25)13-14-29-20-16-18-8-6-5-7-17(18)15-19(20)21(26)28-4/h5-8,15-16H,9-14H2,1-4H3. The van der Waals surface area contributed by atoms with E-state index in [0.29, 0.717) is 37.6 Å². The zero-order valence-corrected chi connectivity index (χ0v) is 18.1. The number of ether oxygens (including phenoxy) is 3. The van der Waals surface area contributed by atoms with E-state index in [4.69, 9.17) is 14.2 Å². The van der Waals surface area contributed by atoms with Crippen molar-refractivity contribution < 1.29 is 23.8 Å². The molecule has 1 amide bonds. The van der Waals surface area contributed by atoms with Crippen LogP contribution in [0.3, 0.4) is 0 Å². The van der Waals surface area contributed by atoms with E-state index in [1.807, 2.05) is 51.1 Å². The lowest BCUT2D eigenvalue weighted by molar-refractivity contribution is 0.0137. The molecule has 0 bridgehead atoms. The largest absolute Gasteiger partial charge is 0.491 e. The number of methoxy groups -OCH3 is 1. The Kier molecular flexibility index (Phi) is 6.82. The first-order valence-corrected chi connectivity index (χ1v) is 10.2. The van der Waals surface area contributed by atoms with E-state index < -0.39 is 11.6 Å². The second-order valence-electron chi connectivity index (χ2n) is 8.34. The molecule has 0 radical (unpaired) electrons. The van der Waals surface area contributed by atoms with Crippen LogP contribution in [0.4, 0.5) is 4.79 Å². The van der Waals surface area contributed by atoms with Gasteiger partial charge in [-0.05, 0) is 43.7 Å².